The summed E-state index contributed by atoms with van der Waals surface area (Å²) in [6.45, 7) is 13.8. The number of hydrogen-bond acceptors (Lipinski definition) is 6. The van der Waals surface area contributed by atoms with Gasteiger partial charge >= 0.3 is 0 Å². The van der Waals surface area contributed by atoms with Gasteiger partial charge in [0.15, 0.2) is 5.13 Å². The highest BCUT2D eigenvalue weighted by atomic mass is 32.1. The smallest absolute Gasteiger partial charge is 0.278 e. The first-order valence-corrected chi connectivity index (χ1v) is 11.8. The molecule has 3 heterocycles. The number of amides is 1. The minimum Gasteiger partial charge on any atom is -0.379 e. The van der Waals surface area contributed by atoms with Crippen LogP contribution in [0.2, 0.25) is 0 Å². The van der Waals surface area contributed by atoms with Crippen molar-refractivity contribution in [1.29, 1.82) is 0 Å². The number of morpholine rings is 1. The van der Waals surface area contributed by atoms with Crippen LogP contribution in [0.3, 0.4) is 0 Å². The molecule has 0 bridgehead atoms. The second kappa shape index (κ2) is 9.46. The van der Waals surface area contributed by atoms with Gasteiger partial charge in [-0.15, -0.1) is 0 Å². The Morgan fingerprint density at radius 1 is 1.19 bits per heavy atom. The second-order valence-electron chi connectivity index (χ2n) is 8.12. The fraction of sp³-hybridized carbons (Fsp3) is 0.522. The topological polar surface area (TPSA) is 63.5 Å². The van der Waals surface area contributed by atoms with Crippen LogP contribution in [0.4, 0.5) is 5.13 Å². The largest absolute Gasteiger partial charge is 0.379 e. The zero-order valence-corrected chi connectivity index (χ0v) is 19.7. The van der Waals surface area contributed by atoms with E-state index in [4.69, 9.17) is 9.72 Å². The first kappa shape index (κ1) is 21.9. The number of thiazole rings is 1. The van der Waals surface area contributed by atoms with Gasteiger partial charge in [-0.2, -0.15) is 5.10 Å². The number of aromatic nitrogens is 3. The number of fused-ring (bicyclic) bond motifs is 1. The number of nitrogens with zero attached hydrogens (tertiary/aromatic N) is 5. The maximum atomic E-state index is 13.7. The Balaban J connectivity index is 1.64. The van der Waals surface area contributed by atoms with Crippen LogP contribution in [0, 0.1) is 20.8 Å². The van der Waals surface area contributed by atoms with E-state index in [-0.39, 0.29) is 5.91 Å². The maximum Gasteiger partial charge on any atom is 0.278 e. The highest BCUT2D eigenvalue weighted by Crippen LogP contribution is 2.34. The number of hydrogen-bond donors (Lipinski definition) is 0. The fourth-order valence-corrected chi connectivity index (χ4v) is 5.16. The van der Waals surface area contributed by atoms with E-state index in [9.17, 15) is 4.79 Å². The van der Waals surface area contributed by atoms with Crippen LogP contribution in [0.1, 0.15) is 40.7 Å². The molecule has 0 aliphatic carbocycles. The zero-order valence-electron chi connectivity index (χ0n) is 18.8. The van der Waals surface area contributed by atoms with Gasteiger partial charge in [0.05, 0.1) is 29.1 Å². The number of aryl methyl sites for hydroxylation is 4. The summed E-state index contributed by atoms with van der Waals surface area (Å²) in [6.07, 6.45) is 0.888. The molecule has 1 aliphatic rings. The number of benzene rings is 1. The predicted octanol–water partition coefficient (Wildman–Crippen LogP) is 3.81. The number of carbonyl (C=O) groups excluding carboxylic acids is 1. The van der Waals surface area contributed by atoms with Crippen LogP contribution in [-0.4, -0.2) is 65.0 Å². The monoisotopic (exact) mass is 441 g/mol. The number of carbonyl (C=O) groups is 1. The highest BCUT2D eigenvalue weighted by molar-refractivity contribution is 7.22. The van der Waals surface area contributed by atoms with Gasteiger partial charge in [0, 0.05) is 32.7 Å². The third-order valence-corrected chi connectivity index (χ3v) is 7.00. The van der Waals surface area contributed by atoms with Crippen molar-refractivity contribution in [2.75, 3.05) is 44.3 Å². The molecule has 0 saturated carbocycles. The Bertz CT molecular complexity index is 1030. The van der Waals surface area contributed by atoms with Gasteiger partial charge in [-0.1, -0.05) is 23.5 Å². The van der Waals surface area contributed by atoms with Crippen molar-refractivity contribution in [3.05, 3.63) is 40.7 Å². The van der Waals surface area contributed by atoms with E-state index in [0.717, 1.165) is 65.9 Å². The van der Waals surface area contributed by atoms with Crippen molar-refractivity contribution in [2.45, 2.75) is 40.7 Å². The fourth-order valence-electron chi connectivity index (χ4n) is 4.02. The zero-order chi connectivity index (χ0) is 22.0. The predicted molar refractivity (Wildman–Crippen MR) is 125 cm³/mol. The molecular weight excluding hydrogens is 410 g/mol. The molecule has 0 N–H and O–H groups in total. The van der Waals surface area contributed by atoms with E-state index in [1.54, 1.807) is 16.0 Å². The Morgan fingerprint density at radius 2 is 1.94 bits per heavy atom. The van der Waals surface area contributed by atoms with Crippen molar-refractivity contribution in [3.8, 4) is 0 Å². The van der Waals surface area contributed by atoms with E-state index in [2.05, 4.69) is 36.0 Å². The van der Waals surface area contributed by atoms with E-state index in [0.29, 0.717) is 18.8 Å². The SMILES string of the molecule is CCn1nc(C)cc1C(=O)N(CCCN1CCOCC1)c1nc2c(C)ccc(C)c2s1. The van der Waals surface area contributed by atoms with Crippen LogP contribution in [0.5, 0.6) is 0 Å². The molecule has 2 aromatic heterocycles. The summed E-state index contributed by atoms with van der Waals surface area (Å²) < 4.78 is 8.39. The third kappa shape index (κ3) is 4.66. The normalized spacial score (nSPS) is 15.0. The lowest BCUT2D eigenvalue weighted by atomic mass is 10.1. The molecule has 4 rings (SSSR count). The molecular formula is C23H31N5O2S. The Hall–Kier alpha value is -2.29. The molecule has 7 nitrogen and oxygen atoms in total. The minimum absolute atomic E-state index is 0.0289. The molecule has 31 heavy (non-hydrogen) atoms. The highest BCUT2D eigenvalue weighted by Gasteiger charge is 2.25. The molecule has 1 saturated heterocycles. The Morgan fingerprint density at radius 3 is 2.65 bits per heavy atom. The van der Waals surface area contributed by atoms with Crippen molar-refractivity contribution >= 4 is 32.6 Å². The third-order valence-electron chi connectivity index (χ3n) is 5.79. The standard InChI is InChI=1S/C23H31N5O2S/c1-5-28-19(15-18(4)25-28)22(29)27(10-6-9-26-11-13-30-14-12-26)23-24-20-16(2)7-8-17(3)21(20)31-23/h7-8,15H,5-6,9-14H2,1-4H3. The molecule has 0 unspecified atom stereocenters. The lowest BCUT2D eigenvalue weighted by Crippen LogP contribution is -2.39. The van der Waals surface area contributed by atoms with E-state index >= 15 is 0 Å². The lowest BCUT2D eigenvalue weighted by Gasteiger charge is -2.27. The van der Waals surface area contributed by atoms with Crippen molar-refractivity contribution < 1.29 is 9.53 Å². The van der Waals surface area contributed by atoms with Crippen molar-refractivity contribution in [1.82, 2.24) is 19.7 Å². The van der Waals surface area contributed by atoms with E-state index < -0.39 is 0 Å². The van der Waals surface area contributed by atoms with Gasteiger partial charge in [0.25, 0.3) is 5.91 Å². The minimum atomic E-state index is -0.0289. The number of rotatable bonds is 7. The average Bonchev–Trinajstić information content (AvgIpc) is 3.39. The number of anilines is 1. The van der Waals surface area contributed by atoms with Gasteiger partial charge < -0.3 is 4.74 Å². The molecule has 8 heteroatoms. The summed E-state index contributed by atoms with van der Waals surface area (Å²) in [5, 5.41) is 5.25. The van der Waals surface area contributed by atoms with Gasteiger partial charge in [0.2, 0.25) is 0 Å². The quantitative estimate of drug-likeness (QED) is 0.558. The van der Waals surface area contributed by atoms with E-state index in [1.807, 2.05) is 24.8 Å². The molecule has 1 fully saturated rings. The molecule has 0 atom stereocenters. The molecule has 166 valence electrons. The molecule has 0 spiro atoms. The summed E-state index contributed by atoms with van der Waals surface area (Å²) in [6, 6.07) is 6.10. The van der Waals surface area contributed by atoms with Crippen molar-refractivity contribution in [3.63, 3.8) is 0 Å². The van der Waals surface area contributed by atoms with Gasteiger partial charge in [-0.25, -0.2) is 4.98 Å². The van der Waals surface area contributed by atoms with Crippen LogP contribution >= 0.6 is 11.3 Å². The summed E-state index contributed by atoms with van der Waals surface area (Å²) in [7, 11) is 0. The molecule has 3 aromatic rings. The molecule has 1 amide bonds. The lowest BCUT2D eigenvalue weighted by molar-refractivity contribution is 0.0376. The van der Waals surface area contributed by atoms with Gasteiger partial charge in [-0.3, -0.25) is 19.3 Å². The van der Waals surface area contributed by atoms with Crippen molar-refractivity contribution in [2.24, 2.45) is 0 Å². The maximum absolute atomic E-state index is 13.7. The Labute approximate surface area is 187 Å². The van der Waals surface area contributed by atoms with Crippen LogP contribution in [0.15, 0.2) is 18.2 Å². The summed E-state index contributed by atoms with van der Waals surface area (Å²) in [5.74, 6) is -0.0289. The second-order valence-corrected chi connectivity index (χ2v) is 9.10. The molecule has 0 radical (unpaired) electrons. The van der Waals surface area contributed by atoms with Crippen LogP contribution in [-0.2, 0) is 11.3 Å². The average molecular weight is 442 g/mol. The summed E-state index contributed by atoms with van der Waals surface area (Å²) in [4.78, 5) is 22.8. The summed E-state index contributed by atoms with van der Waals surface area (Å²) in [5.41, 5.74) is 4.80. The number of ether oxygens (including phenoxy) is 1. The van der Waals surface area contributed by atoms with Crippen LogP contribution in [0.25, 0.3) is 10.2 Å². The van der Waals surface area contributed by atoms with Crippen LogP contribution < -0.4 is 4.90 Å². The first-order valence-electron chi connectivity index (χ1n) is 11.0. The Kier molecular flexibility index (Phi) is 6.69. The van der Waals surface area contributed by atoms with Gasteiger partial charge in [-0.05, 0) is 51.3 Å². The summed E-state index contributed by atoms with van der Waals surface area (Å²) >= 11 is 1.61. The first-order chi connectivity index (χ1) is 15.0. The van der Waals surface area contributed by atoms with Gasteiger partial charge in [0.1, 0.15) is 5.69 Å². The molecule has 1 aliphatic heterocycles. The van der Waals surface area contributed by atoms with E-state index in [1.165, 1.54) is 5.56 Å². The molecule has 1 aromatic carbocycles.